The topological polar surface area (TPSA) is 24.9 Å². The molecule has 82 valence electrons. The van der Waals surface area contributed by atoms with E-state index in [0.29, 0.717) is 5.69 Å². The Morgan fingerprint density at radius 1 is 1.19 bits per heavy atom. The summed E-state index contributed by atoms with van der Waals surface area (Å²) >= 11 is 1.60. The number of para-hydroxylation sites is 1. The summed E-state index contributed by atoms with van der Waals surface area (Å²) in [4.78, 5) is 5.06. The summed E-state index contributed by atoms with van der Waals surface area (Å²) in [7, 11) is 0. The fourth-order valence-electron chi connectivity index (χ4n) is 1.36. The van der Waals surface area contributed by atoms with Gasteiger partial charge in [0.1, 0.15) is 5.82 Å². The van der Waals surface area contributed by atoms with Crippen molar-refractivity contribution in [2.75, 3.05) is 11.6 Å². The maximum absolute atomic E-state index is 13.4. The van der Waals surface area contributed by atoms with E-state index in [1.807, 2.05) is 12.3 Å². The van der Waals surface area contributed by atoms with Gasteiger partial charge in [-0.1, -0.05) is 12.1 Å². The molecule has 0 unspecified atom stereocenters. The zero-order valence-electron chi connectivity index (χ0n) is 8.77. The molecule has 0 aliphatic rings. The molecule has 0 saturated carbocycles. The van der Waals surface area contributed by atoms with Crippen molar-refractivity contribution in [3.8, 4) is 0 Å². The molecule has 0 aliphatic heterocycles. The highest BCUT2D eigenvalue weighted by atomic mass is 32.2. The number of halogens is 1. The number of pyridine rings is 1. The van der Waals surface area contributed by atoms with E-state index in [4.69, 9.17) is 0 Å². The van der Waals surface area contributed by atoms with Crippen LogP contribution < -0.4 is 5.32 Å². The highest BCUT2D eigenvalue weighted by Gasteiger charge is 2.04. The monoisotopic (exact) mass is 234 g/mol. The second kappa shape index (κ2) is 4.99. The van der Waals surface area contributed by atoms with Crippen LogP contribution in [0.2, 0.25) is 0 Å². The average Bonchev–Trinajstić information content (AvgIpc) is 2.33. The Morgan fingerprint density at radius 3 is 2.75 bits per heavy atom. The van der Waals surface area contributed by atoms with Crippen LogP contribution in [0.3, 0.4) is 0 Å². The molecule has 0 radical (unpaired) electrons. The number of hydrogen-bond acceptors (Lipinski definition) is 3. The molecule has 0 saturated heterocycles. The fourth-order valence-corrected chi connectivity index (χ4v) is 1.88. The third-order valence-electron chi connectivity index (χ3n) is 2.14. The van der Waals surface area contributed by atoms with Gasteiger partial charge in [0.25, 0.3) is 0 Å². The molecular weight excluding hydrogens is 223 g/mol. The number of aromatic nitrogens is 1. The van der Waals surface area contributed by atoms with E-state index in [1.165, 1.54) is 6.07 Å². The summed E-state index contributed by atoms with van der Waals surface area (Å²) in [6.45, 7) is 0. The van der Waals surface area contributed by atoms with E-state index >= 15 is 0 Å². The summed E-state index contributed by atoms with van der Waals surface area (Å²) in [5.41, 5.74) is 1.28. The summed E-state index contributed by atoms with van der Waals surface area (Å²) < 4.78 is 13.4. The highest BCUT2D eigenvalue weighted by molar-refractivity contribution is 7.98. The predicted molar refractivity (Wildman–Crippen MR) is 65.7 cm³/mol. The number of hydrogen-bond donors (Lipinski definition) is 1. The van der Waals surface area contributed by atoms with Crippen LogP contribution in [0.4, 0.5) is 15.8 Å². The first-order valence-electron chi connectivity index (χ1n) is 4.81. The van der Waals surface area contributed by atoms with Crippen molar-refractivity contribution >= 4 is 23.1 Å². The van der Waals surface area contributed by atoms with E-state index in [9.17, 15) is 4.39 Å². The lowest BCUT2D eigenvalue weighted by atomic mass is 10.3. The normalized spacial score (nSPS) is 10.1. The van der Waals surface area contributed by atoms with E-state index < -0.39 is 0 Å². The SMILES string of the molecule is CSc1ccncc1Nc1ccccc1F. The summed E-state index contributed by atoms with van der Waals surface area (Å²) in [6, 6.07) is 8.48. The average molecular weight is 234 g/mol. The Bertz CT molecular complexity index is 488. The van der Waals surface area contributed by atoms with Crippen LogP contribution in [0, 0.1) is 5.82 Å². The molecule has 1 N–H and O–H groups in total. The van der Waals surface area contributed by atoms with E-state index in [2.05, 4.69) is 10.3 Å². The lowest BCUT2D eigenvalue weighted by Gasteiger charge is -2.10. The first-order valence-corrected chi connectivity index (χ1v) is 6.03. The van der Waals surface area contributed by atoms with Crippen molar-refractivity contribution in [3.05, 3.63) is 48.5 Å². The van der Waals surface area contributed by atoms with Gasteiger partial charge in [-0.2, -0.15) is 0 Å². The lowest BCUT2D eigenvalue weighted by Crippen LogP contribution is -1.95. The quantitative estimate of drug-likeness (QED) is 0.820. The third kappa shape index (κ3) is 2.33. The van der Waals surface area contributed by atoms with E-state index in [0.717, 1.165) is 10.6 Å². The summed E-state index contributed by atoms with van der Waals surface area (Å²) in [5.74, 6) is -0.265. The van der Waals surface area contributed by atoms with Gasteiger partial charge in [-0.25, -0.2) is 4.39 Å². The molecule has 0 atom stereocenters. The number of benzene rings is 1. The van der Waals surface area contributed by atoms with Crippen LogP contribution in [-0.2, 0) is 0 Å². The highest BCUT2D eigenvalue weighted by Crippen LogP contribution is 2.27. The largest absolute Gasteiger partial charge is 0.351 e. The smallest absolute Gasteiger partial charge is 0.146 e. The van der Waals surface area contributed by atoms with Gasteiger partial charge < -0.3 is 5.32 Å². The van der Waals surface area contributed by atoms with Crippen LogP contribution >= 0.6 is 11.8 Å². The molecule has 2 nitrogen and oxygen atoms in total. The van der Waals surface area contributed by atoms with Crippen molar-refractivity contribution in [2.24, 2.45) is 0 Å². The first-order chi connectivity index (χ1) is 7.81. The van der Waals surface area contributed by atoms with Crippen molar-refractivity contribution in [1.82, 2.24) is 4.98 Å². The number of nitrogens with zero attached hydrogens (tertiary/aromatic N) is 1. The molecule has 4 heteroatoms. The van der Waals surface area contributed by atoms with Gasteiger partial charge in [0, 0.05) is 11.1 Å². The van der Waals surface area contributed by atoms with Crippen LogP contribution in [0.15, 0.2) is 47.6 Å². The fraction of sp³-hybridized carbons (Fsp3) is 0.0833. The molecule has 2 aromatic rings. The zero-order chi connectivity index (χ0) is 11.4. The van der Waals surface area contributed by atoms with Crippen molar-refractivity contribution in [2.45, 2.75) is 4.90 Å². The minimum Gasteiger partial charge on any atom is -0.351 e. The van der Waals surface area contributed by atoms with Gasteiger partial charge in [-0.3, -0.25) is 4.98 Å². The van der Waals surface area contributed by atoms with Crippen molar-refractivity contribution < 1.29 is 4.39 Å². The number of nitrogens with one attached hydrogen (secondary N) is 1. The second-order valence-electron chi connectivity index (χ2n) is 3.18. The Hall–Kier alpha value is -1.55. The Labute approximate surface area is 97.9 Å². The van der Waals surface area contributed by atoms with Crippen LogP contribution in [-0.4, -0.2) is 11.2 Å². The second-order valence-corrected chi connectivity index (χ2v) is 4.03. The molecule has 16 heavy (non-hydrogen) atoms. The Morgan fingerprint density at radius 2 is 2.00 bits per heavy atom. The molecule has 0 aliphatic carbocycles. The lowest BCUT2D eigenvalue weighted by molar-refractivity contribution is 0.632. The standard InChI is InChI=1S/C12H11FN2S/c1-16-12-6-7-14-8-11(12)15-10-5-3-2-4-9(10)13/h2-8,15H,1H3. The molecule has 0 amide bonds. The Kier molecular flexibility index (Phi) is 3.41. The first kappa shape index (κ1) is 11.0. The third-order valence-corrected chi connectivity index (χ3v) is 2.94. The summed E-state index contributed by atoms with van der Waals surface area (Å²) in [5, 5.41) is 3.03. The van der Waals surface area contributed by atoms with Crippen LogP contribution in [0.1, 0.15) is 0 Å². The zero-order valence-corrected chi connectivity index (χ0v) is 9.59. The minimum atomic E-state index is -0.265. The molecule has 2 rings (SSSR count). The van der Waals surface area contributed by atoms with Crippen LogP contribution in [0.5, 0.6) is 0 Å². The van der Waals surface area contributed by atoms with Crippen molar-refractivity contribution in [1.29, 1.82) is 0 Å². The molecule has 1 heterocycles. The van der Waals surface area contributed by atoms with Gasteiger partial charge in [-0.15, -0.1) is 11.8 Å². The molecular formula is C12H11FN2S. The Balaban J connectivity index is 2.30. The van der Waals surface area contributed by atoms with Crippen LogP contribution in [0.25, 0.3) is 0 Å². The summed E-state index contributed by atoms with van der Waals surface area (Å²) in [6.07, 6.45) is 5.39. The van der Waals surface area contributed by atoms with Crippen molar-refractivity contribution in [3.63, 3.8) is 0 Å². The molecule has 0 fully saturated rings. The van der Waals surface area contributed by atoms with Gasteiger partial charge in [0.15, 0.2) is 0 Å². The van der Waals surface area contributed by atoms with E-state index in [-0.39, 0.29) is 5.82 Å². The number of thioether (sulfide) groups is 1. The van der Waals surface area contributed by atoms with Gasteiger partial charge in [0.05, 0.1) is 17.6 Å². The number of rotatable bonds is 3. The molecule has 1 aromatic heterocycles. The van der Waals surface area contributed by atoms with E-state index in [1.54, 1.807) is 42.4 Å². The van der Waals surface area contributed by atoms with Gasteiger partial charge >= 0.3 is 0 Å². The van der Waals surface area contributed by atoms with Gasteiger partial charge in [0.2, 0.25) is 0 Å². The minimum absolute atomic E-state index is 0.265. The maximum atomic E-state index is 13.4. The maximum Gasteiger partial charge on any atom is 0.146 e. The van der Waals surface area contributed by atoms with Gasteiger partial charge in [-0.05, 0) is 24.5 Å². The molecule has 1 aromatic carbocycles. The number of anilines is 2. The predicted octanol–water partition coefficient (Wildman–Crippen LogP) is 3.69. The molecule has 0 bridgehead atoms. The molecule has 0 spiro atoms.